The van der Waals surface area contributed by atoms with Crippen LogP contribution in [0.25, 0.3) is 0 Å². The van der Waals surface area contributed by atoms with Gasteiger partial charge in [0, 0.05) is 0 Å². The molecule has 0 unspecified atom stereocenters. The Bertz CT molecular complexity index is 310. The third kappa shape index (κ3) is 3.77. The van der Waals surface area contributed by atoms with Crippen LogP contribution >= 0.6 is 0 Å². The van der Waals surface area contributed by atoms with Crippen molar-refractivity contribution in [2.75, 3.05) is 11.5 Å². The molecule has 0 aromatic rings. The van der Waals surface area contributed by atoms with Gasteiger partial charge in [-0.1, -0.05) is 25.2 Å². The van der Waals surface area contributed by atoms with Crippen LogP contribution in [0, 0.1) is 0 Å². The molecule has 1 aliphatic carbocycles. The van der Waals surface area contributed by atoms with Gasteiger partial charge in [-0.3, -0.25) is 0 Å². The topological polar surface area (TPSA) is 34.1 Å². The van der Waals surface area contributed by atoms with Gasteiger partial charge in [-0.05, 0) is 24.8 Å². The zero-order valence-electron chi connectivity index (χ0n) is 7.99. The molecule has 0 saturated heterocycles. The van der Waals surface area contributed by atoms with Gasteiger partial charge in [0.05, 0.1) is 11.5 Å². The quantitative estimate of drug-likeness (QED) is 0.696. The van der Waals surface area contributed by atoms with Crippen molar-refractivity contribution in [1.29, 1.82) is 0 Å². The average molecular weight is 200 g/mol. The van der Waals surface area contributed by atoms with E-state index in [9.17, 15) is 8.42 Å². The third-order valence-electron chi connectivity index (χ3n) is 1.97. The molecule has 0 radical (unpaired) electrons. The molecule has 3 heteroatoms. The first-order valence-electron chi connectivity index (χ1n) is 4.70. The van der Waals surface area contributed by atoms with Crippen LogP contribution in [0.2, 0.25) is 0 Å². The summed E-state index contributed by atoms with van der Waals surface area (Å²) in [5.74, 6) is 0.523. The van der Waals surface area contributed by atoms with Crippen LogP contribution in [0.4, 0.5) is 0 Å². The van der Waals surface area contributed by atoms with Crippen molar-refractivity contribution in [2.45, 2.75) is 26.2 Å². The van der Waals surface area contributed by atoms with Gasteiger partial charge in [-0.25, -0.2) is 8.42 Å². The van der Waals surface area contributed by atoms with E-state index < -0.39 is 9.84 Å². The van der Waals surface area contributed by atoms with Crippen LogP contribution in [-0.4, -0.2) is 19.9 Å². The molecule has 0 aromatic carbocycles. The first-order chi connectivity index (χ1) is 6.14. The lowest BCUT2D eigenvalue weighted by Crippen LogP contribution is -2.12. The summed E-state index contributed by atoms with van der Waals surface area (Å²) in [5, 5.41) is 0. The average Bonchev–Trinajstić information content (AvgIpc) is 2.04. The van der Waals surface area contributed by atoms with Crippen LogP contribution in [-0.2, 0) is 9.84 Å². The number of rotatable bonds is 4. The fraction of sp³-hybridized carbons (Fsp3) is 0.600. The van der Waals surface area contributed by atoms with Gasteiger partial charge >= 0.3 is 0 Å². The smallest absolute Gasteiger partial charge is 0.154 e. The summed E-state index contributed by atoms with van der Waals surface area (Å²) in [4.78, 5) is 0. The second-order valence-electron chi connectivity index (χ2n) is 3.35. The SMILES string of the molecule is CCCS(=O)(=O)CC1=CCCC=C1. The fourth-order valence-corrected chi connectivity index (χ4v) is 2.90. The Labute approximate surface area is 80.3 Å². The van der Waals surface area contributed by atoms with E-state index in [-0.39, 0.29) is 5.75 Å². The summed E-state index contributed by atoms with van der Waals surface area (Å²) in [5.41, 5.74) is 0.958. The predicted molar refractivity (Wildman–Crippen MR) is 55.4 cm³/mol. The van der Waals surface area contributed by atoms with E-state index in [0.717, 1.165) is 18.4 Å². The molecular weight excluding hydrogens is 184 g/mol. The van der Waals surface area contributed by atoms with Gasteiger partial charge in [0.2, 0.25) is 0 Å². The van der Waals surface area contributed by atoms with Crippen molar-refractivity contribution in [3.63, 3.8) is 0 Å². The van der Waals surface area contributed by atoms with Crippen molar-refractivity contribution in [3.05, 3.63) is 23.8 Å². The Balaban J connectivity index is 2.57. The minimum atomic E-state index is -2.85. The van der Waals surface area contributed by atoms with E-state index in [0.29, 0.717) is 12.2 Å². The van der Waals surface area contributed by atoms with Gasteiger partial charge in [0.15, 0.2) is 9.84 Å². The minimum Gasteiger partial charge on any atom is -0.228 e. The normalized spacial score (nSPS) is 17.2. The highest BCUT2D eigenvalue weighted by Gasteiger charge is 2.11. The van der Waals surface area contributed by atoms with Crippen LogP contribution in [0.3, 0.4) is 0 Å². The summed E-state index contributed by atoms with van der Waals surface area (Å²) in [6.45, 7) is 1.89. The second kappa shape index (κ2) is 4.61. The Morgan fingerprint density at radius 3 is 2.69 bits per heavy atom. The summed E-state index contributed by atoms with van der Waals surface area (Å²) in [6, 6.07) is 0. The van der Waals surface area contributed by atoms with Crippen molar-refractivity contribution >= 4 is 9.84 Å². The van der Waals surface area contributed by atoms with Gasteiger partial charge < -0.3 is 0 Å². The van der Waals surface area contributed by atoms with Gasteiger partial charge in [0.25, 0.3) is 0 Å². The monoisotopic (exact) mass is 200 g/mol. The van der Waals surface area contributed by atoms with Crippen molar-refractivity contribution in [3.8, 4) is 0 Å². The molecule has 74 valence electrons. The molecule has 0 heterocycles. The van der Waals surface area contributed by atoms with E-state index in [1.807, 2.05) is 25.2 Å². The maximum Gasteiger partial charge on any atom is 0.154 e. The van der Waals surface area contributed by atoms with Gasteiger partial charge in [-0.2, -0.15) is 0 Å². The Hall–Kier alpha value is -0.570. The largest absolute Gasteiger partial charge is 0.228 e. The van der Waals surface area contributed by atoms with Gasteiger partial charge in [0.1, 0.15) is 0 Å². The van der Waals surface area contributed by atoms with E-state index in [2.05, 4.69) is 0 Å². The van der Waals surface area contributed by atoms with Crippen molar-refractivity contribution < 1.29 is 8.42 Å². The molecule has 1 aliphatic rings. The lowest BCUT2D eigenvalue weighted by molar-refractivity contribution is 0.597. The molecule has 13 heavy (non-hydrogen) atoms. The minimum absolute atomic E-state index is 0.220. The highest BCUT2D eigenvalue weighted by atomic mass is 32.2. The molecule has 0 fully saturated rings. The zero-order chi connectivity index (χ0) is 9.73. The molecule has 1 rings (SSSR count). The summed E-state index contributed by atoms with van der Waals surface area (Å²) in [6.07, 6.45) is 8.71. The lowest BCUT2D eigenvalue weighted by Gasteiger charge is -2.06. The Kier molecular flexibility index (Phi) is 3.72. The van der Waals surface area contributed by atoms with Gasteiger partial charge in [-0.15, -0.1) is 0 Å². The molecule has 0 amide bonds. The van der Waals surface area contributed by atoms with Crippen LogP contribution < -0.4 is 0 Å². The van der Waals surface area contributed by atoms with E-state index in [1.165, 1.54) is 0 Å². The highest BCUT2D eigenvalue weighted by Crippen LogP contribution is 2.12. The second-order valence-corrected chi connectivity index (χ2v) is 5.53. The first-order valence-corrected chi connectivity index (χ1v) is 6.52. The molecular formula is C10H16O2S. The number of sulfone groups is 1. The molecule has 0 spiro atoms. The first kappa shape index (κ1) is 10.5. The standard InChI is InChI=1S/C10H16O2S/c1-2-8-13(11,12)9-10-6-4-3-5-7-10/h4,6-7H,2-3,5,8-9H2,1H3. The zero-order valence-corrected chi connectivity index (χ0v) is 8.81. The number of hydrogen-bond acceptors (Lipinski definition) is 2. The number of hydrogen-bond donors (Lipinski definition) is 0. The Morgan fingerprint density at radius 2 is 2.15 bits per heavy atom. The van der Waals surface area contributed by atoms with Crippen LogP contribution in [0.1, 0.15) is 26.2 Å². The molecule has 2 nitrogen and oxygen atoms in total. The lowest BCUT2D eigenvalue weighted by atomic mass is 10.1. The van der Waals surface area contributed by atoms with Crippen molar-refractivity contribution in [2.24, 2.45) is 0 Å². The summed E-state index contributed by atoms with van der Waals surface area (Å²) >= 11 is 0. The molecule has 0 saturated carbocycles. The van der Waals surface area contributed by atoms with Crippen molar-refractivity contribution in [1.82, 2.24) is 0 Å². The molecule has 0 aliphatic heterocycles. The van der Waals surface area contributed by atoms with E-state index in [1.54, 1.807) is 0 Å². The summed E-state index contributed by atoms with van der Waals surface area (Å²) < 4.78 is 22.8. The predicted octanol–water partition coefficient (Wildman–Crippen LogP) is 2.09. The molecule has 0 aromatic heterocycles. The molecule has 0 N–H and O–H groups in total. The maximum atomic E-state index is 11.4. The van der Waals surface area contributed by atoms with Crippen LogP contribution in [0.5, 0.6) is 0 Å². The molecule has 0 atom stereocenters. The maximum absolute atomic E-state index is 11.4. The summed E-state index contributed by atoms with van der Waals surface area (Å²) in [7, 11) is -2.85. The number of allylic oxidation sites excluding steroid dienone is 3. The van der Waals surface area contributed by atoms with E-state index >= 15 is 0 Å². The third-order valence-corrected chi connectivity index (χ3v) is 3.78. The Morgan fingerprint density at radius 1 is 1.38 bits per heavy atom. The molecule has 0 bridgehead atoms. The highest BCUT2D eigenvalue weighted by molar-refractivity contribution is 7.91. The van der Waals surface area contributed by atoms with Crippen LogP contribution in [0.15, 0.2) is 23.8 Å². The fourth-order valence-electron chi connectivity index (χ4n) is 1.41. The van der Waals surface area contributed by atoms with E-state index in [4.69, 9.17) is 0 Å².